The van der Waals surface area contributed by atoms with Gasteiger partial charge in [0.1, 0.15) is 6.61 Å². The number of ether oxygens (including phenoxy) is 1. The molecule has 0 saturated carbocycles. The molecular formula is C14H15N3O4. The van der Waals surface area contributed by atoms with Crippen LogP contribution in [0.1, 0.15) is 29.5 Å². The van der Waals surface area contributed by atoms with Crippen LogP contribution in [0.2, 0.25) is 0 Å². The topological polar surface area (TPSA) is 97.5 Å². The van der Waals surface area contributed by atoms with Crippen LogP contribution in [-0.4, -0.2) is 28.5 Å². The summed E-state index contributed by atoms with van der Waals surface area (Å²) in [5, 5.41) is 15.3. The number of fused-ring (bicyclic) bond motifs is 1. The van der Waals surface area contributed by atoms with Crippen molar-refractivity contribution in [2.75, 3.05) is 7.11 Å². The normalized spacial score (nSPS) is 16.7. The highest BCUT2D eigenvalue weighted by atomic mass is 16.5. The Labute approximate surface area is 120 Å². The zero-order valence-electron chi connectivity index (χ0n) is 11.5. The van der Waals surface area contributed by atoms with Crippen molar-refractivity contribution in [1.82, 2.24) is 15.5 Å². The maximum Gasteiger partial charge on any atom is 0.405 e. The summed E-state index contributed by atoms with van der Waals surface area (Å²) in [6.07, 6.45) is 0.600. The third kappa shape index (κ3) is 2.73. The molecule has 2 aromatic rings. The first kappa shape index (κ1) is 13.6. The molecule has 0 radical (unpaired) electrons. The molecule has 1 aliphatic rings. The molecule has 0 saturated heterocycles. The third-order valence-electron chi connectivity index (χ3n) is 3.51. The van der Waals surface area contributed by atoms with Gasteiger partial charge < -0.3 is 19.7 Å². The van der Waals surface area contributed by atoms with Crippen LogP contribution in [-0.2, 0) is 17.8 Å². The van der Waals surface area contributed by atoms with Gasteiger partial charge in [0.25, 0.3) is 5.89 Å². The molecule has 21 heavy (non-hydrogen) atoms. The Hall–Kier alpha value is -2.41. The van der Waals surface area contributed by atoms with E-state index in [9.17, 15) is 4.79 Å². The largest absolute Gasteiger partial charge is 0.465 e. The first-order valence-corrected chi connectivity index (χ1v) is 6.61. The number of amides is 1. The van der Waals surface area contributed by atoms with Crippen molar-refractivity contribution < 1.29 is 19.2 Å². The van der Waals surface area contributed by atoms with Gasteiger partial charge in [-0.15, -0.1) is 0 Å². The van der Waals surface area contributed by atoms with Crippen molar-refractivity contribution in [2.45, 2.75) is 25.5 Å². The first-order chi connectivity index (χ1) is 10.2. The quantitative estimate of drug-likeness (QED) is 0.895. The molecule has 0 bridgehead atoms. The van der Waals surface area contributed by atoms with Crippen molar-refractivity contribution in [3.05, 3.63) is 35.2 Å². The summed E-state index contributed by atoms with van der Waals surface area (Å²) in [4.78, 5) is 15.0. The van der Waals surface area contributed by atoms with Crippen molar-refractivity contribution in [3.8, 4) is 11.4 Å². The third-order valence-corrected chi connectivity index (χ3v) is 3.51. The fourth-order valence-corrected chi connectivity index (χ4v) is 2.61. The molecule has 3 rings (SSSR count). The van der Waals surface area contributed by atoms with Crippen LogP contribution in [0.15, 0.2) is 22.7 Å². The van der Waals surface area contributed by atoms with Gasteiger partial charge in [0.15, 0.2) is 0 Å². The van der Waals surface area contributed by atoms with E-state index in [1.54, 1.807) is 7.11 Å². The number of carbonyl (C=O) groups is 1. The summed E-state index contributed by atoms with van der Waals surface area (Å²) < 4.78 is 10.0. The summed E-state index contributed by atoms with van der Waals surface area (Å²) in [5.74, 6) is 0.943. The number of methoxy groups -OCH3 is 1. The molecule has 1 heterocycles. The average Bonchev–Trinajstić information content (AvgIpc) is 3.06. The Bertz CT molecular complexity index is 668. The Morgan fingerprint density at radius 3 is 3.19 bits per heavy atom. The maximum absolute atomic E-state index is 10.8. The number of nitrogens with zero attached hydrogens (tertiary/aromatic N) is 2. The second-order valence-electron chi connectivity index (χ2n) is 4.90. The molecule has 2 N–H and O–H groups in total. The van der Waals surface area contributed by atoms with Crippen LogP contribution in [0.4, 0.5) is 4.79 Å². The smallest absolute Gasteiger partial charge is 0.405 e. The molecule has 0 aliphatic heterocycles. The number of rotatable bonds is 4. The van der Waals surface area contributed by atoms with Gasteiger partial charge >= 0.3 is 6.09 Å². The molecule has 1 aromatic heterocycles. The maximum atomic E-state index is 10.8. The van der Waals surface area contributed by atoms with Crippen LogP contribution in [0.3, 0.4) is 0 Å². The number of hydrogen-bond donors (Lipinski definition) is 2. The summed E-state index contributed by atoms with van der Waals surface area (Å²) >= 11 is 0. The lowest BCUT2D eigenvalue weighted by Gasteiger charge is -2.11. The molecule has 1 atom stereocenters. The van der Waals surface area contributed by atoms with Crippen molar-refractivity contribution in [1.29, 1.82) is 0 Å². The SMILES string of the molecule is COCc1nc(-c2ccc3c(c2)CC[C@H]3NC(=O)O)no1. The van der Waals surface area contributed by atoms with Gasteiger partial charge in [-0.3, -0.25) is 0 Å². The monoisotopic (exact) mass is 289 g/mol. The highest BCUT2D eigenvalue weighted by Crippen LogP contribution is 2.33. The van der Waals surface area contributed by atoms with Crippen molar-refractivity contribution >= 4 is 6.09 Å². The van der Waals surface area contributed by atoms with E-state index in [2.05, 4.69) is 15.5 Å². The number of hydrogen-bond acceptors (Lipinski definition) is 5. The van der Waals surface area contributed by atoms with E-state index in [-0.39, 0.29) is 12.6 Å². The zero-order chi connectivity index (χ0) is 14.8. The molecule has 1 aliphatic carbocycles. The lowest BCUT2D eigenvalue weighted by molar-refractivity contribution is 0.151. The van der Waals surface area contributed by atoms with Gasteiger partial charge in [-0.2, -0.15) is 4.98 Å². The van der Waals surface area contributed by atoms with Gasteiger partial charge in [0.05, 0.1) is 6.04 Å². The molecule has 0 fully saturated rings. The summed E-state index contributed by atoms with van der Waals surface area (Å²) in [7, 11) is 1.56. The highest BCUT2D eigenvalue weighted by molar-refractivity contribution is 5.66. The number of aryl methyl sites for hydroxylation is 1. The average molecular weight is 289 g/mol. The van der Waals surface area contributed by atoms with E-state index >= 15 is 0 Å². The number of aromatic nitrogens is 2. The van der Waals surface area contributed by atoms with E-state index in [1.165, 1.54) is 0 Å². The van der Waals surface area contributed by atoms with Crippen LogP contribution in [0.5, 0.6) is 0 Å². The lowest BCUT2D eigenvalue weighted by Crippen LogP contribution is -2.24. The second-order valence-corrected chi connectivity index (χ2v) is 4.90. The van der Waals surface area contributed by atoms with Gasteiger partial charge in [-0.25, -0.2) is 4.79 Å². The minimum atomic E-state index is -1.00. The zero-order valence-corrected chi connectivity index (χ0v) is 11.5. The Balaban J connectivity index is 1.84. The summed E-state index contributed by atoms with van der Waals surface area (Å²) in [5.41, 5.74) is 2.99. The molecule has 110 valence electrons. The molecule has 1 amide bonds. The van der Waals surface area contributed by atoms with E-state index in [4.69, 9.17) is 14.4 Å². The molecule has 1 aromatic carbocycles. The van der Waals surface area contributed by atoms with Crippen LogP contribution >= 0.6 is 0 Å². The van der Waals surface area contributed by atoms with Gasteiger partial charge in [-0.1, -0.05) is 17.3 Å². The molecule has 7 heteroatoms. The number of nitrogens with one attached hydrogen (secondary N) is 1. The number of benzene rings is 1. The first-order valence-electron chi connectivity index (χ1n) is 6.61. The summed E-state index contributed by atoms with van der Waals surface area (Å²) in [6.45, 7) is 0.280. The molecule has 7 nitrogen and oxygen atoms in total. The lowest BCUT2D eigenvalue weighted by atomic mass is 10.0. The fourth-order valence-electron chi connectivity index (χ4n) is 2.61. The van der Waals surface area contributed by atoms with Crippen LogP contribution in [0.25, 0.3) is 11.4 Å². The Morgan fingerprint density at radius 2 is 2.43 bits per heavy atom. The molecular weight excluding hydrogens is 274 g/mol. The number of carboxylic acid groups (broad SMARTS) is 1. The molecule has 0 unspecified atom stereocenters. The standard InChI is InChI=1S/C14H15N3O4/c1-20-7-12-16-13(17-21-12)9-2-4-10-8(6-9)3-5-11(10)15-14(18)19/h2,4,6,11,15H,3,5,7H2,1H3,(H,18,19)/t11-/m1/s1. The second kappa shape index (κ2) is 5.53. The Kier molecular flexibility index (Phi) is 3.57. The van der Waals surface area contributed by atoms with Gasteiger partial charge in [0, 0.05) is 12.7 Å². The van der Waals surface area contributed by atoms with Gasteiger partial charge in [0.2, 0.25) is 5.82 Å². The minimum Gasteiger partial charge on any atom is -0.465 e. The molecule has 0 spiro atoms. The van der Waals surface area contributed by atoms with E-state index < -0.39 is 6.09 Å². The van der Waals surface area contributed by atoms with Gasteiger partial charge in [-0.05, 0) is 30.0 Å². The fraction of sp³-hybridized carbons (Fsp3) is 0.357. The minimum absolute atomic E-state index is 0.138. The van der Waals surface area contributed by atoms with Crippen molar-refractivity contribution in [3.63, 3.8) is 0 Å². The van der Waals surface area contributed by atoms with Crippen LogP contribution < -0.4 is 5.32 Å². The van der Waals surface area contributed by atoms with E-state index in [0.717, 1.165) is 29.5 Å². The van der Waals surface area contributed by atoms with E-state index in [0.29, 0.717) is 11.7 Å². The summed E-state index contributed by atoms with van der Waals surface area (Å²) in [6, 6.07) is 5.65. The van der Waals surface area contributed by atoms with Crippen molar-refractivity contribution in [2.24, 2.45) is 0 Å². The predicted octanol–water partition coefficient (Wildman–Crippen LogP) is 2.14. The Morgan fingerprint density at radius 1 is 1.57 bits per heavy atom. The predicted molar refractivity (Wildman–Crippen MR) is 72.7 cm³/mol. The van der Waals surface area contributed by atoms with Crippen LogP contribution in [0, 0.1) is 0 Å². The van der Waals surface area contributed by atoms with E-state index in [1.807, 2.05) is 18.2 Å². The highest BCUT2D eigenvalue weighted by Gasteiger charge is 2.24.